The molecule has 0 aliphatic heterocycles. The van der Waals surface area contributed by atoms with Crippen LogP contribution in [0.4, 0.5) is 0 Å². The summed E-state index contributed by atoms with van der Waals surface area (Å²) in [4.78, 5) is 16.2. The van der Waals surface area contributed by atoms with Crippen LogP contribution in [0.15, 0.2) is 28.9 Å². The van der Waals surface area contributed by atoms with E-state index >= 15 is 0 Å². The van der Waals surface area contributed by atoms with E-state index in [0.717, 1.165) is 0 Å². The lowest BCUT2D eigenvalue weighted by Crippen LogP contribution is -2.25. The van der Waals surface area contributed by atoms with Crippen molar-refractivity contribution in [2.24, 2.45) is 5.73 Å². The molecule has 2 aromatic rings. The molecule has 2 rings (SSSR count). The number of aryl methyl sites for hydroxylation is 1. The summed E-state index contributed by atoms with van der Waals surface area (Å²) < 4.78 is 5.17. The molecule has 4 nitrogen and oxygen atoms in total. The third kappa shape index (κ3) is 3.83. The van der Waals surface area contributed by atoms with Gasteiger partial charge >= 0.3 is 0 Å². The second-order valence-corrected chi connectivity index (χ2v) is 5.55. The SMILES string of the molecule is Cc1ccc(CN(C)C(=O)c2coc(CN)c2)s1.Cl. The number of furan rings is 1. The summed E-state index contributed by atoms with van der Waals surface area (Å²) in [5.74, 6) is 0.572. The van der Waals surface area contributed by atoms with E-state index < -0.39 is 0 Å². The second kappa shape index (κ2) is 6.75. The second-order valence-electron chi connectivity index (χ2n) is 4.18. The molecule has 0 unspecified atom stereocenters. The maximum atomic E-state index is 12.1. The molecule has 0 spiro atoms. The molecule has 104 valence electrons. The molecule has 0 atom stereocenters. The van der Waals surface area contributed by atoms with E-state index in [1.54, 1.807) is 29.4 Å². The van der Waals surface area contributed by atoms with Gasteiger partial charge in [-0.2, -0.15) is 0 Å². The number of halogens is 1. The predicted octanol–water partition coefficient (Wildman–Crippen LogP) is 2.80. The zero-order valence-corrected chi connectivity index (χ0v) is 12.5. The minimum atomic E-state index is -0.0514. The highest BCUT2D eigenvalue weighted by atomic mass is 35.5. The van der Waals surface area contributed by atoms with Gasteiger partial charge in [-0.05, 0) is 25.1 Å². The van der Waals surface area contributed by atoms with Crippen molar-refractivity contribution >= 4 is 29.7 Å². The molecule has 2 aromatic heterocycles. The van der Waals surface area contributed by atoms with E-state index in [0.29, 0.717) is 24.4 Å². The van der Waals surface area contributed by atoms with E-state index in [1.807, 2.05) is 6.07 Å². The van der Waals surface area contributed by atoms with Gasteiger partial charge in [0.1, 0.15) is 12.0 Å². The average molecular weight is 301 g/mol. The number of nitrogens with two attached hydrogens (primary N) is 1. The number of carbonyl (C=O) groups is 1. The molecule has 0 radical (unpaired) electrons. The monoisotopic (exact) mass is 300 g/mol. The number of hydrogen-bond donors (Lipinski definition) is 1. The lowest BCUT2D eigenvalue weighted by atomic mass is 10.2. The van der Waals surface area contributed by atoms with Gasteiger partial charge in [0, 0.05) is 16.8 Å². The highest BCUT2D eigenvalue weighted by molar-refractivity contribution is 7.11. The zero-order valence-electron chi connectivity index (χ0n) is 10.9. The Kier molecular flexibility index (Phi) is 5.60. The number of thiophene rings is 1. The fraction of sp³-hybridized carbons (Fsp3) is 0.308. The van der Waals surface area contributed by atoms with Gasteiger partial charge in [-0.1, -0.05) is 0 Å². The Morgan fingerprint density at radius 2 is 2.21 bits per heavy atom. The summed E-state index contributed by atoms with van der Waals surface area (Å²) in [6.07, 6.45) is 1.46. The predicted molar refractivity (Wildman–Crippen MR) is 78.7 cm³/mol. The van der Waals surface area contributed by atoms with Gasteiger partial charge in [0.2, 0.25) is 0 Å². The Balaban J connectivity index is 0.00000180. The minimum Gasteiger partial charge on any atom is -0.467 e. The van der Waals surface area contributed by atoms with Crippen LogP contribution < -0.4 is 5.73 Å². The van der Waals surface area contributed by atoms with Crippen LogP contribution in [0.1, 0.15) is 25.9 Å². The summed E-state index contributed by atoms with van der Waals surface area (Å²) in [5.41, 5.74) is 6.00. The Bertz CT molecular complexity index is 550. The molecule has 0 saturated carbocycles. The minimum absolute atomic E-state index is 0. The van der Waals surface area contributed by atoms with Crippen molar-refractivity contribution < 1.29 is 9.21 Å². The number of carbonyl (C=O) groups excluding carboxylic acids is 1. The van der Waals surface area contributed by atoms with Crippen molar-refractivity contribution in [1.29, 1.82) is 0 Å². The number of amides is 1. The van der Waals surface area contributed by atoms with Crippen LogP contribution in [0.2, 0.25) is 0 Å². The van der Waals surface area contributed by atoms with Crippen molar-refractivity contribution in [3.63, 3.8) is 0 Å². The standard InChI is InChI=1S/C13H16N2O2S.ClH/c1-9-3-4-12(18-9)7-15(2)13(16)10-5-11(6-14)17-8-10;/h3-5,8H,6-7,14H2,1-2H3;1H. The Morgan fingerprint density at radius 1 is 1.47 bits per heavy atom. The summed E-state index contributed by atoms with van der Waals surface area (Å²) >= 11 is 1.70. The third-order valence-electron chi connectivity index (χ3n) is 2.64. The van der Waals surface area contributed by atoms with Crippen LogP contribution in [0.5, 0.6) is 0 Å². The van der Waals surface area contributed by atoms with E-state index in [-0.39, 0.29) is 18.3 Å². The van der Waals surface area contributed by atoms with Crippen molar-refractivity contribution in [1.82, 2.24) is 4.90 Å². The molecule has 6 heteroatoms. The quantitative estimate of drug-likeness (QED) is 0.944. The van der Waals surface area contributed by atoms with Crippen molar-refractivity contribution in [2.45, 2.75) is 20.0 Å². The topological polar surface area (TPSA) is 59.5 Å². The van der Waals surface area contributed by atoms with Crippen LogP contribution in [-0.4, -0.2) is 17.9 Å². The van der Waals surface area contributed by atoms with Crippen LogP contribution >= 0.6 is 23.7 Å². The fourth-order valence-electron chi connectivity index (χ4n) is 1.70. The molecular weight excluding hydrogens is 284 g/mol. The first kappa shape index (κ1) is 15.8. The number of nitrogens with zero attached hydrogens (tertiary/aromatic N) is 1. The van der Waals surface area contributed by atoms with E-state index in [1.165, 1.54) is 16.0 Å². The maximum absolute atomic E-state index is 12.1. The van der Waals surface area contributed by atoms with Crippen molar-refractivity contribution in [3.8, 4) is 0 Å². The molecule has 0 aliphatic carbocycles. The van der Waals surface area contributed by atoms with Gasteiger partial charge in [0.15, 0.2) is 0 Å². The van der Waals surface area contributed by atoms with Gasteiger partial charge in [0.25, 0.3) is 5.91 Å². The number of rotatable bonds is 4. The lowest BCUT2D eigenvalue weighted by Gasteiger charge is -2.14. The Hall–Kier alpha value is -1.30. The molecule has 2 heterocycles. The van der Waals surface area contributed by atoms with Crippen molar-refractivity contribution in [3.05, 3.63) is 45.5 Å². The smallest absolute Gasteiger partial charge is 0.257 e. The molecule has 0 saturated heterocycles. The highest BCUT2D eigenvalue weighted by Crippen LogP contribution is 2.18. The fourth-order valence-corrected chi connectivity index (χ4v) is 2.64. The van der Waals surface area contributed by atoms with E-state index in [9.17, 15) is 4.79 Å². The number of hydrogen-bond acceptors (Lipinski definition) is 4. The zero-order chi connectivity index (χ0) is 13.1. The first-order valence-electron chi connectivity index (χ1n) is 5.68. The van der Waals surface area contributed by atoms with E-state index in [4.69, 9.17) is 10.2 Å². The summed E-state index contributed by atoms with van der Waals surface area (Å²) in [7, 11) is 1.78. The normalized spacial score (nSPS) is 10.1. The third-order valence-corrected chi connectivity index (χ3v) is 3.62. The summed E-state index contributed by atoms with van der Waals surface area (Å²) in [6.45, 7) is 2.97. The van der Waals surface area contributed by atoms with Gasteiger partial charge in [-0.25, -0.2) is 0 Å². The van der Waals surface area contributed by atoms with Gasteiger partial charge in [-0.15, -0.1) is 23.7 Å². The van der Waals surface area contributed by atoms with Gasteiger partial charge in [-0.3, -0.25) is 4.79 Å². The van der Waals surface area contributed by atoms with Crippen LogP contribution in [0.3, 0.4) is 0 Å². The van der Waals surface area contributed by atoms with Crippen LogP contribution in [0, 0.1) is 6.92 Å². The average Bonchev–Trinajstić information content (AvgIpc) is 2.97. The lowest BCUT2D eigenvalue weighted by molar-refractivity contribution is 0.0786. The molecule has 1 amide bonds. The molecule has 0 fully saturated rings. The molecular formula is C13H17ClN2O2S. The first-order chi connectivity index (χ1) is 8.60. The largest absolute Gasteiger partial charge is 0.467 e. The van der Waals surface area contributed by atoms with Crippen LogP contribution in [-0.2, 0) is 13.1 Å². The highest BCUT2D eigenvalue weighted by Gasteiger charge is 2.15. The molecule has 0 aromatic carbocycles. The van der Waals surface area contributed by atoms with Gasteiger partial charge in [0.05, 0.1) is 18.7 Å². The molecule has 0 aliphatic rings. The van der Waals surface area contributed by atoms with E-state index in [2.05, 4.69) is 13.0 Å². The maximum Gasteiger partial charge on any atom is 0.257 e. The Labute approximate surface area is 122 Å². The Morgan fingerprint density at radius 3 is 2.74 bits per heavy atom. The summed E-state index contributed by atoms with van der Waals surface area (Å²) in [6, 6.07) is 5.80. The first-order valence-corrected chi connectivity index (χ1v) is 6.50. The molecule has 19 heavy (non-hydrogen) atoms. The van der Waals surface area contributed by atoms with Crippen LogP contribution in [0.25, 0.3) is 0 Å². The van der Waals surface area contributed by atoms with Crippen molar-refractivity contribution in [2.75, 3.05) is 7.05 Å². The van der Waals surface area contributed by atoms with Gasteiger partial charge < -0.3 is 15.1 Å². The summed E-state index contributed by atoms with van der Waals surface area (Å²) in [5, 5.41) is 0. The molecule has 0 bridgehead atoms. The molecule has 2 N–H and O–H groups in total.